The highest BCUT2D eigenvalue weighted by Crippen LogP contribution is 2.34. The van der Waals surface area contributed by atoms with Gasteiger partial charge in [-0.2, -0.15) is 0 Å². The summed E-state index contributed by atoms with van der Waals surface area (Å²) in [5.41, 5.74) is 1.33. The highest BCUT2D eigenvalue weighted by molar-refractivity contribution is 5.56. The summed E-state index contributed by atoms with van der Waals surface area (Å²) in [4.78, 5) is 10.1. The van der Waals surface area contributed by atoms with Gasteiger partial charge < -0.3 is 10.4 Å². The van der Waals surface area contributed by atoms with Crippen LogP contribution in [0, 0.1) is 10.1 Å². The molecule has 68 valence electrons. The highest BCUT2D eigenvalue weighted by Gasteiger charge is 2.25. The van der Waals surface area contributed by atoms with Gasteiger partial charge in [-0.05, 0) is 11.6 Å². The zero-order valence-corrected chi connectivity index (χ0v) is 6.78. The van der Waals surface area contributed by atoms with Crippen molar-refractivity contribution in [2.45, 2.75) is 13.1 Å². The maximum atomic E-state index is 10.6. The summed E-state index contributed by atoms with van der Waals surface area (Å²) in [6.45, 7) is 1.09. The number of fused-ring (bicyclic) bond motifs is 1. The topological polar surface area (TPSA) is 75.4 Å². The van der Waals surface area contributed by atoms with Gasteiger partial charge in [-0.1, -0.05) is 6.07 Å². The van der Waals surface area contributed by atoms with E-state index in [2.05, 4.69) is 5.32 Å². The van der Waals surface area contributed by atoms with Crippen LogP contribution in [0.3, 0.4) is 0 Å². The van der Waals surface area contributed by atoms with Gasteiger partial charge in [0, 0.05) is 13.1 Å². The fourth-order valence-electron chi connectivity index (χ4n) is 1.55. The number of hydrogen-bond acceptors (Lipinski definition) is 4. The number of benzene rings is 1. The molecule has 0 aromatic heterocycles. The van der Waals surface area contributed by atoms with E-state index in [0.29, 0.717) is 18.7 Å². The van der Waals surface area contributed by atoms with Crippen LogP contribution in [0.15, 0.2) is 12.1 Å². The first kappa shape index (κ1) is 8.00. The molecule has 0 radical (unpaired) electrons. The van der Waals surface area contributed by atoms with Gasteiger partial charge in [-0.3, -0.25) is 10.1 Å². The average molecular weight is 180 g/mol. The normalized spacial score (nSPS) is 14.2. The quantitative estimate of drug-likeness (QED) is 0.497. The van der Waals surface area contributed by atoms with E-state index < -0.39 is 4.92 Å². The average Bonchev–Trinajstić information content (AvgIpc) is 2.50. The van der Waals surface area contributed by atoms with Gasteiger partial charge >= 0.3 is 5.69 Å². The van der Waals surface area contributed by atoms with Gasteiger partial charge in [-0.15, -0.1) is 0 Å². The van der Waals surface area contributed by atoms with E-state index in [1.807, 2.05) is 0 Å². The maximum Gasteiger partial charge on any atom is 0.315 e. The Morgan fingerprint density at radius 3 is 2.92 bits per heavy atom. The maximum absolute atomic E-state index is 10.6. The molecule has 13 heavy (non-hydrogen) atoms. The summed E-state index contributed by atoms with van der Waals surface area (Å²) in [7, 11) is 0. The smallest absolute Gasteiger partial charge is 0.315 e. The summed E-state index contributed by atoms with van der Waals surface area (Å²) in [5.74, 6) is -0.257. The molecule has 0 saturated heterocycles. The van der Waals surface area contributed by atoms with Gasteiger partial charge in [0.25, 0.3) is 0 Å². The van der Waals surface area contributed by atoms with Crippen LogP contribution in [0.25, 0.3) is 0 Å². The Morgan fingerprint density at radius 2 is 2.23 bits per heavy atom. The minimum atomic E-state index is -0.541. The summed E-state index contributed by atoms with van der Waals surface area (Å²) in [6, 6.07) is 3.07. The van der Waals surface area contributed by atoms with E-state index in [0.717, 1.165) is 5.56 Å². The third kappa shape index (κ3) is 1.13. The number of nitrogens with one attached hydrogen (secondary N) is 1. The van der Waals surface area contributed by atoms with Crippen LogP contribution in [0.4, 0.5) is 5.69 Å². The van der Waals surface area contributed by atoms with Crippen molar-refractivity contribution >= 4 is 5.69 Å². The van der Waals surface area contributed by atoms with Gasteiger partial charge in [0.1, 0.15) is 0 Å². The van der Waals surface area contributed by atoms with Crippen molar-refractivity contribution in [2.24, 2.45) is 0 Å². The van der Waals surface area contributed by atoms with E-state index in [1.165, 1.54) is 6.07 Å². The molecule has 5 nitrogen and oxygen atoms in total. The molecule has 2 rings (SSSR count). The van der Waals surface area contributed by atoms with Gasteiger partial charge in [0.05, 0.1) is 10.5 Å². The predicted molar refractivity (Wildman–Crippen MR) is 45.3 cm³/mol. The number of nitro benzene ring substituents is 1. The Balaban J connectivity index is 2.65. The Bertz CT molecular complexity index is 376. The first-order valence-corrected chi connectivity index (χ1v) is 3.89. The Hall–Kier alpha value is -1.62. The molecule has 2 N–H and O–H groups in total. The van der Waals surface area contributed by atoms with Gasteiger partial charge in [0.2, 0.25) is 0 Å². The fourth-order valence-corrected chi connectivity index (χ4v) is 1.55. The van der Waals surface area contributed by atoms with Crippen LogP contribution in [0.5, 0.6) is 5.75 Å². The summed E-state index contributed by atoms with van der Waals surface area (Å²) >= 11 is 0. The van der Waals surface area contributed by atoms with E-state index in [-0.39, 0.29) is 11.4 Å². The summed E-state index contributed by atoms with van der Waals surface area (Å²) in [6.07, 6.45) is 0. The molecule has 5 heteroatoms. The molecule has 0 saturated carbocycles. The molecule has 1 aromatic carbocycles. The molecule has 1 aliphatic rings. The standard InChI is InChI=1S/C8H8N2O3/c11-7-2-1-5-3-9-4-6(5)8(7)10(12)13/h1-2,9,11H,3-4H2. The zero-order valence-electron chi connectivity index (χ0n) is 6.78. The number of rotatable bonds is 1. The Labute approximate surface area is 74.2 Å². The molecule has 0 fully saturated rings. The lowest BCUT2D eigenvalue weighted by Crippen LogP contribution is -2.01. The number of phenols is 1. The van der Waals surface area contributed by atoms with Crippen molar-refractivity contribution in [1.82, 2.24) is 5.32 Å². The van der Waals surface area contributed by atoms with Crippen LogP contribution in [0.1, 0.15) is 11.1 Å². The number of nitro groups is 1. The molecule has 0 atom stereocenters. The van der Waals surface area contributed by atoms with E-state index in [4.69, 9.17) is 0 Å². The van der Waals surface area contributed by atoms with Crippen LogP contribution in [0.2, 0.25) is 0 Å². The van der Waals surface area contributed by atoms with Crippen molar-refractivity contribution in [3.05, 3.63) is 33.4 Å². The second-order valence-electron chi connectivity index (χ2n) is 2.93. The zero-order chi connectivity index (χ0) is 9.42. The lowest BCUT2D eigenvalue weighted by Gasteiger charge is -2.00. The lowest BCUT2D eigenvalue weighted by atomic mass is 10.1. The van der Waals surface area contributed by atoms with Crippen molar-refractivity contribution in [2.75, 3.05) is 0 Å². The van der Waals surface area contributed by atoms with Crippen LogP contribution >= 0.6 is 0 Å². The monoisotopic (exact) mass is 180 g/mol. The number of nitrogens with zero attached hydrogens (tertiary/aromatic N) is 1. The predicted octanol–water partition coefficient (Wildman–Crippen LogP) is 0.904. The van der Waals surface area contributed by atoms with Crippen LogP contribution < -0.4 is 5.32 Å². The number of phenolic OH excluding ortho intramolecular Hbond substituents is 1. The summed E-state index contributed by atoms with van der Waals surface area (Å²) in [5, 5.41) is 22.9. The minimum absolute atomic E-state index is 0.164. The van der Waals surface area contributed by atoms with Gasteiger partial charge in [0.15, 0.2) is 5.75 Å². The van der Waals surface area contributed by atoms with Crippen molar-refractivity contribution in [3.8, 4) is 5.75 Å². The molecule has 0 bridgehead atoms. The third-order valence-electron chi connectivity index (χ3n) is 2.16. The molecule has 1 heterocycles. The molecule has 0 amide bonds. The molecule has 1 aromatic rings. The summed E-state index contributed by atoms with van der Waals surface area (Å²) < 4.78 is 0. The van der Waals surface area contributed by atoms with E-state index in [9.17, 15) is 15.2 Å². The van der Waals surface area contributed by atoms with Crippen molar-refractivity contribution in [1.29, 1.82) is 0 Å². The Kier molecular flexibility index (Phi) is 1.66. The van der Waals surface area contributed by atoms with Crippen molar-refractivity contribution in [3.63, 3.8) is 0 Å². The fraction of sp³-hybridized carbons (Fsp3) is 0.250. The Morgan fingerprint density at radius 1 is 1.46 bits per heavy atom. The second kappa shape index (κ2) is 2.70. The molecule has 0 spiro atoms. The molecule has 1 aliphatic heterocycles. The third-order valence-corrected chi connectivity index (χ3v) is 2.16. The SMILES string of the molecule is O=[N+]([O-])c1c(O)ccc2c1CNC2. The van der Waals surface area contributed by atoms with Crippen LogP contribution in [-0.4, -0.2) is 10.0 Å². The van der Waals surface area contributed by atoms with Crippen molar-refractivity contribution < 1.29 is 10.0 Å². The lowest BCUT2D eigenvalue weighted by molar-refractivity contribution is -0.386. The first-order chi connectivity index (χ1) is 6.20. The minimum Gasteiger partial charge on any atom is -0.502 e. The molecular weight excluding hydrogens is 172 g/mol. The van der Waals surface area contributed by atoms with E-state index in [1.54, 1.807) is 6.07 Å². The van der Waals surface area contributed by atoms with Gasteiger partial charge in [-0.25, -0.2) is 0 Å². The largest absolute Gasteiger partial charge is 0.502 e. The van der Waals surface area contributed by atoms with E-state index >= 15 is 0 Å². The number of aromatic hydroxyl groups is 1. The molecular formula is C8H8N2O3. The second-order valence-corrected chi connectivity index (χ2v) is 2.93. The molecule has 0 aliphatic carbocycles. The molecule has 0 unspecified atom stereocenters. The first-order valence-electron chi connectivity index (χ1n) is 3.89. The highest BCUT2D eigenvalue weighted by atomic mass is 16.6. The number of hydrogen-bond donors (Lipinski definition) is 2. The van der Waals surface area contributed by atoms with Crippen LogP contribution in [-0.2, 0) is 13.1 Å².